The highest BCUT2D eigenvalue weighted by Gasteiger charge is 2.22. The quantitative estimate of drug-likeness (QED) is 0.172. The first-order valence-corrected chi connectivity index (χ1v) is 15.1. The van der Waals surface area contributed by atoms with Crippen molar-refractivity contribution < 1.29 is 17.5 Å². The summed E-state index contributed by atoms with van der Waals surface area (Å²) in [6.07, 6.45) is 4.30. The molecule has 0 spiro atoms. The van der Waals surface area contributed by atoms with E-state index in [1.54, 1.807) is 36.4 Å². The van der Waals surface area contributed by atoms with Crippen LogP contribution in [0, 0.1) is 13.8 Å². The van der Waals surface area contributed by atoms with E-state index in [-0.39, 0.29) is 11.4 Å². The highest BCUT2D eigenvalue weighted by Crippen LogP contribution is 2.40. The van der Waals surface area contributed by atoms with Crippen molar-refractivity contribution in [1.29, 1.82) is 0 Å². The molecule has 9 heteroatoms. The maximum absolute atomic E-state index is 12.7. The number of hydrogen-bond donors (Lipinski definition) is 0. The number of nitrogens with zero attached hydrogens (tertiary/aromatic N) is 3. The Balaban J connectivity index is 2.19. The molecule has 0 saturated carbocycles. The zero-order chi connectivity index (χ0) is 29.4. The second kappa shape index (κ2) is 14.5. The lowest BCUT2D eigenvalue weighted by molar-refractivity contribution is 0.326. The average Bonchev–Trinajstić information content (AvgIpc) is 2.88. The predicted octanol–water partition coefficient (Wildman–Crippen LogP) is 6.90. The average molecular weight is 580 g/mol. The van der Waals surface area contributed by atoms with E-state index in [9.17, 15) is 17.5 Å². The molecule has 2 unspecified atom stereocenters. The molecule has 0 radical (unpaired) electrons. The normalized spacial score (nSPS) is 12.5. The lowest BCUT2D eigenvalue weighted by Crippen LogP contribution is -2.27. The van der Waals surface area contributed by atoms with Crippen molar-refractivity contribution in [2.24, 2.45) is 0 Å². The maximum atomic E-state index is 12.7. The zero-order valence-corrected chi connectivity index (χ0v) is 25.6. The van der Waals surface area contributed by atoms with Gasteiger partial charge >= 0.3 is 0 Å². The van der Waals surface area contributed by atoms with Crippen molar-refractivity contribution in [3.8, 4) is 0 Å². The van der Waals surface area contributed by atoms with Crippen LogP contribution >= 0.6 is 0 Å². The molecule has 0 aliphatic carbocycles. The van der Waals surface area contributed by atoms with E-state index in [2.05, 4.69) is 44.7 Å². The van der Waals surface area contributed by atoms with Gasteiger partial charge in [0.25, 0.3) is 0 Å². The van der Waals surface area contributed by atoms with Gasteiger partial charge in [-0.3, -0.25) is 21.9 Å². The van der Waals surface area contributed by atoms with Gasteiger partial charge in [-0.05, 0) is 83.5 Å². The largest absolute Gasteiger partial charge is 0.755 e. The molecule has 3 rings (SSSR count). The summed E-state index contributed by atoms with van der Waals surface area (Å²) in [5.41, 5.74) is 6.50. The van der Waals surface area contributed by atoms with Crippen LogP contribution < -0.4 is 8.61 Å². The van der Waals surface area contributed by atoms with Crippen molar-refractivity contribution in [3.63, 3.8) is 0 Å². The molecule has 40 heavy (non-hydrogen) atoms. The van der Waals surface area contributed by atoms with Crippen molar-refractivity contribution in [3.05, 3.63) is 107 Å². The van der Waals surface area contributed by atoms with E-state index in [0.29, 0.717) is 17.9 Å². The molecule has 2 atom stereocenters. The van der Waals surface area contributed by atoms with Crippen LogP contribution in [-0.2, 0) is 29.1 Å². The maximum Gasteiger partial charge on any atom is 0.0787 e. The smallest absolute Gasteiger partial charge is 0.0787 e. The summed E-state index contributed by atoms with van der Waals surface area (Å²) >= 11 is -5.45. The summed E-state index contributed by atoms with van der Waals surface area (Å²) in [6, 6.07) is 19.4. The summed E-state index contributed by atoms with van der Waals surface area (Å²) in [5.74, 6) is 0. The van der Waals surface area contributed by atoms with E-state index in [4.69, 9.17) is 0 Å². The fraction of sp³-hybridized carbons (Fsp3) is 0.290. The molecular formula is C31H37N3O4S2-2. The second-order valence-corrected chi connectivity index (χ2v) is 11.9. The van der Waals surface area contributed by atoms with Gasteiger partial charge in [0, 0.05) is 19.6 Å². The lowest BCUT2D eigenvalue weighted by atomic mass is 10.1. The van der Waals surface area contributed by atoms with Gasteiger partial charge in [0.1, 0.15) is 0 Å². The molecule has 3 aromatic rings. The monoisotopic (exact) mass is 579 g/mol. The molecule has 3 aromatic carbocycles. The highest BCUT2D eigenvalue weighted by atomic mass is 32.2. The van der Waals surface area contributed by atoms with Crippen LogP contribution in [0.4, 0.5) is 22.7 Å². The number of hydrogen-bond acceptors (Lipinski definition) is 5. The fourth-order valence-electron chi connectivity index (χ4n) is 4.06. The Morgan fingerprint density at radius 2 is 1.10 bits per heavy atom. The molecule has 0 saturated heterocycles. The number of anilines is 4. The van der Waals surface area contributed by atoms with Gasteiger partial charge in [-0.15, -0.1) is 0 Å². The third-order valence-corrected chi connectivity index (χ3v) is 7.65. The first-order chi connectivity index (χ1) is 19.0. The summed E-state index contributed by atoms with van der Waals surface area (Å²) in [4.78, 5) is 2.24. The van der Waals surface area contributed by atoms with Crippen LogP contribution in [0.5, 0.6) is 0 Å². The molecule has 7 nitrogen and oxygen atoms in total. The zero-order valence-electron chi connectivity index (χ0n) is 23.9. The topological polar surface area (TPSA) is 90.0 Å². The van der Waals surface area contributed by atoms with Crippen molar-refractivity contribution >= 4 is 45.3 Å². The van der Waals surface area contributed by atoms with E-state index >= 15 is 0 Å². The van der Waals surface area contributed by atoms with Gasteiger partial charge in [-0.1, -0.05) is 64.8 Å². The first kappa shape index (κ1) is 31.4. The van der Waals surface area contributed by atoms with Crippen molar-refractivity contribution in [2.45, 2.75) is 48.1 Å². The summed E-state index contributed by atoms with van der Waals surface area (Å²) in [7, 11) is 0. The van der Waals surface area contributed by atoms with Crippen LogP contribution in [0.2, 0.25) is 0 Å². The Morgan fingerprint density at radius 1 is 0.675 bits per heavy atom. The minimum Gasteiger partial charge on any atom is -0.755 e. The van der Waals surface area contributed by atoms with E-state index < -0.39 is 22.5 Å². The van der Waals surface area contributed by atoms with Gasteiger partial charge in [-0.25, -0.2) is 0 Å². The van der Waals surface area contributed by atoms with Crippen molar-refractivity contribution in [2.75, 3.05) is 21.7 Å². The Bertz CT molecular complexity index is 1380. The summed E-state index contributed by atoms with van der Waals surface area (Å²) in [6.45, 7) is 14.0. The van der Waals surface area contributed by atoms with Crippen LogP contribution in [0.15, 0.2) is 90.0 Å². The summed E-state index contributed by atoms with van der Waals surface area (Å²) in [5, 5.41) is 0. The van der Waals surface area contributed by atoms with Gasteiger partial charge in [-0.2, -0.15) is 0 Å². The van der Waals surface area contributed by atoms with Gasteiger partial charge in [0.05, 0.1) is 45.3 Å². The molecule has 214 valence electrons. The number of benzene rings is 3. The molecule has 0 heterocycles. The predicted molar refractivity (Wildman–Crippen MR) is 165 cm³/mol. The van der Waals surface area contributed by atoms with E-state index in [1.807, 2.05) is 44.2 Å². The molecular weight excluding hydrogens is 542 g/mol. The molecule has 0 aromatic heterocycles. The van der Waals surface area contributed by atoms with Gasteiger partial charge in [0.15, 0.2) is 0 Å². The van der Waals surface area contributed by atoms with Crippen LogP contribution in [-0.4, -0.2) is 35.5 Å². The molecule has 0 N–H and O–H groups in total. The lowest BCUT2D eigenvalue weighted by Gasteiger charge is -2.34. The standard InChI is InChI=1S/C31H39N3O4S2/c1-23(2)17-19-32(20-18-24(3)4)22-27-11-16-30(33(39(35)36)28-12-7-25(5)8-13-28)31(21-27)34(40(37)38)29-14-9-26(6)10-15-29/h7-18,21H,19-20,22H2,1-6H3,(H,35,36)(H,37,38)/p-2. The molecule has 0 bridgehead atoms. The Morgan fingerprint density at radius 3 is 1.50 bits per heavy atom. The highest BCUT2D eigenvalue weighted by molar-refractivity contribution is 7.81. The van der Waals surface area contributed by atoms with Gasteiger partial charge < -0.3 is 9.11 Å². The van der Waals surface area contributed by atoms with Crippen LogP contribution in [0.1, 0.15) is 44.4 Å². The second-order valence-electron chi connectivity index (χ2n) is 10.3. The molecule has 0 aliphatic rings. The summed E-state index contributed by atoms with van der Waals surface area (Å²) < 4.78 is 52.9. The Labute approximate surface area is 243 Å². The Hall–Kier alpha value is -3.08. The minimum atomic E-state index is -2.73. The Kier molecular flexibility index (Phi) is 11.4. The van der Waals surface area contributed by atoms with Crippen molar-refractivity contribution in [1.82, 2.24) is 4.90 Å². The minimum absolute atomic E-state index is 0.228. The number of allylic oxidation sites excluding steroid dienone is 2. The molecule has 0 aliphatic heterocycles. The van der Waals surface area contributed by atoms with E-state index in [1.165, 1.54) is 11.1 Å². The van der Waals surface area contributed by atoms with Gasteiger partial charge in [0.2, 0.25) is 0 Å². The van der Waals surface area contributed by atoms with Crippen LogP contribution in [0.3, 0.4) is 0 Å². The fourth-order valence-corrected chi connectivity index (χ4v) is 5.27. The SMILES string of the molecule is CC(C)=CCN(CC=C(C)C)Cc1ccc(N(c2ccc(C)cc2)S(=O)[O-])c(N(c2ccc(C)cc2)S(=O)[O-])c1. The van der Waals surface area contributed by atoms with E-state index in [0.717, 1.165) is 38.4 Å². The number of rotatable bonds is 12. The third kappa shape index (κ3) is 8.71. The molecule has 0 fully saturated rings. The number of aryl methyl sites for hydroxylation is 2. The third-order valence-electron chi connectivity index (χ3n) is 6.23. The first-order valence-electron chi connectivity index (χ1n) is 13.0. The molecule has 0 amide bonds. The van der Waals surface area contributed by atoms with Crippen LogP contribution in [0.25, 0.3) is 0 Å².